The lowest BCUT2D eigenvalue weighted by atomic mass is 9.61. The van der Waals surface area contributed by atoms with Crippen molar-refractivity contribution in [1.82, 2.24) is 0 Å². The molecule has 2 nitrogen and oxygen atoms in total. The maximum absolute atomic E-state index is 11.1. The second kappa shape index (κ2) is 10.3. The van der Waals surface area contributed by atoms with Crippen molar-refractivity contribution in [3.8, 4) is 0 Å². The van der Waals surface area contributed by atoms with E-state index < -0.39 is 6.29 Å². The standard InChI is InChI=1S/C27H50O2/c1-8-25(4,5)20-23(26(6,7)9-2)21-15-14-16-22(19-21)24(28)29-27(10-3)17-12-11-13-18-27/h14,16,21-24,28H,8-13,15,17-20H2,1-7H3/t21-,22?,23?,24?/m1/s1. The van der Waals surface area contributed by atoms with Crippen LogP contribution in [0.4, 0.5) is 0 Å². The third kappa shape index (κ3) is 6.57. The Bertz CT molecular complexity index is 513. The van der Waals surface area contributed by atoms with E-state index in [1.54, 1.807) is 0 Å². The van der Waals surface area contributed by atoms with Crippen LogP contribution in [0.2, 0.25) is 0 Å². The summed E-state index contributed by atoms with van der Waals surface area (Å²) < 4.78 is 6.43. The number of hydrogen-bond donors (Lipinski definition) is 1. The molecule has 2 rings (SSSR count). The van der Waals surface area contributed by atoms with E-state index in [0.29, 0.717) is 22.7 Å². The van der Waals surface area contributed by atoms with Gasteiger partial charge in [0.2, 0.25) is 0 Å². The van der Waals surface area contributed by atoms with E-state index in [2.05, 4.69) is 60.6 Å². The van der Waals surface area contributed by atoms with Crippen molar-refractivity contribution < 1.29 is 9.84 Å². The van der Waals surface area contributed by atoms with Gasteiger partial charge in [-0.3, -0.25) is 0 Å². The number of rotatable bonds is 10. The van der Waals surface area contributed by atoms with E-state index in [1.807, 2.05) is 0 Å². The molecular weight excluding hydrogens is 356 g/mol. The molecule has 0 saturated heterocycles. The number of allylic oxidation sites excluding steroid dienone is 1. The fourth-order valence-corrected chi connectivity index (χ4v) is 5.67. The second-order valence-electron chi connectivity index (χ2n) is 11.6. The van der Waals surface area contributed by atoms with Crippen LogP contribution < -0.4 is 0 Å². The Hall–Kier alpha value is -0.340. The predicted octanol–water partition coefficient (Wildman–Crippen LogP) is 7.90. The summed E-state index contributed by atoms with van der Waals surface area (Å²) >= 11 is 0. The molecule has 2 aliphatic rings. The summed E-state index contributed by atoms with van der Waals surface area (Å²) in [4.78, 5) is 0. The topological polar surface area (TPSA) is 29.5 Å². The van der Waals surface area contributed by atoms with Crippen LogP contribution in [-0.2, 0) is 4.74 Å². The number of aliphatic hydroxyl groups excluding tert-OH is 1. The van der Waals surface area contributed by atoms with Crippen LogP contribution in [0.3, 0.4) is 0 Å². The van der Waals surface area contributed by atoms with Crippen LogP contribution in [0.1, 0.15) is 119 Å². The van der Waals surface area contributed by atoms with Crippen LogP contribution in [0, 0.1) is 28.6 Å². The molecule has 0 aromatic heterocycles. The Morgan fingerprint density at radius 2 is 1.69 bits per heavy atom. The molecule has 0 bridgehead atoms. The van der Waals surface area contributed by atoms with Crippen LogP contribution in [-0.4, -0.2) is 17.0 Å². The molecule has 0 aromatic rings. The van der Waals surface area contributed by atoms with Crippen LogP contribution in [0.5, 0.6) is 0 Å². The van der Waals surface area contributed by atoms with Gasteiger partial charge in [-0.25, -0.2) is 0 Å². The Balaban J connectivity index is 2.12. The maximum Gasteiger partial charge on any atom is 0.161 e. The van der Waals surface area contributed by atoms with Crippen molar-refractivity contribution in [3.63, 3.8) is 0 Å². The van der Waals surface area contributed by atoms with Gasteiger partial charge in [-0.2, -0.15) is 0 Å². The minimum atomic E-state index is -0.656. The summed E-state index contributed by atoms with van der Waals surface area (Å²) in [7, 11) is 0. The van der Waals surface area contributed by atoms with Crippen molar-refractivity contribution in [1.29, 1.82) is 0 Å². The van der Waals surface area contributed by atoms with Crippen LogP contribution in [0.25, 0.3) is 0 Å². The zero-order valence-electron chi connectivity index (χ0n) is 20.6. The summed E-state index contributed by atoms with van der Waals surface area (Å²) in [5.74, 6) is 1.45. The summed E-state index contributed by atoms with van der Waals surface area (Å²) in [6.07, 6.45) is 16.9. The first kappa shape index (κ1) is 24.9. The van der Waals surface area contributed by atoms with E-state index in [4.69, 9.17) is 4.74 Å². The van der Waals surface area contributed by atoms with Crippen molar-refractivity contribution >= 4 is 0 Å². The van der Waals surface area contributed by atoms with Gasteiger partial charge < -0.3 is 9.84 Å². The highest BCUT2D eigenvalue weighted by atomic mass is 16.6. The molecule has 0 heterocycles. The van der Waals surface area contributed by atoms with Gasteiger partial charge in [0.1, 0.15) is 0 Å². The monoisotopic (exact) mass is 406 g/mol. The molecular formula is C27H50O2. The third-order valence-electron chi connectivity index (χ3n) is 8.76. The largest absolute Gasteiger partial charge is 0.367 e. The molecule has 1 N–H and O–H groups in total. The summed E-state index contributed by atoms with van der Waals surface area (Å²) in [5.41, 5.74) is 0.606. The summed E-state index contributed by atoms with van der Waals surface area (Å²) in [6.45, 7) is 16.7. The lowest BCUT2D eigenvalue weighted by Gasteiger charge is -2.46. The van der Waals surface area contributed by atoms with E-state index in [-0.39, 0.29) is 11.5 Å². The van der Waals surface area contributed by atoms with Crippen molar-refractivity contribution in [2.45, 2.75) is 131 Å². The van der Waals surface area contributed by atoms with E-state index in [9.17, 15) is 5.11 Å². The molecule has 1 saturated carbocycles. The van der Waals surface area contributed by atoms with Crippen LogP contribution in [0.15, 0.2) is 12.2 Å². The van der Waals surface area contributed by atoms with E-state index >= 15 is 0 Å². The molecule has 2 aliphatic carbocycles. The number of aliphatic hydroxyl groups is 1. The Labute approximate surface area is 181 Å². The minimum absolute atomic E-state index is 0.0925. The summed E-state index contributed by atoms with van der Waals surface area (Å²) in [5, 5.41) is 11.1. The SMILES string of the molecule is CCC(C)(C)CC([C@@H]1CC=CC(C(O)OC2(CC)CCCCC2)C1)C(C)(C)CC. The molecule has 4 atom stereocenters. The first-order valence-electron chi connectivity index (χ1n) is 12.6. The number of hydrogen-bond acceptors (Lipinski definition) is 2. The molecule has 0 aromatic carbocycles. The highest BCUT2D eigenvalue weighted by Gasteiger charge is 2.41. The smallest absolute Gasteiger partial charge is 0.161 e. The Morgan fingerprint density at radius 3 is 2.24 bits per heavy atom. The molecule has 0 radical (unpaired) electrons. The van der Waals surface area contributed by atoms with Crippen molar-refractivity contribution in [3.05, 3.63) is 12.2 Å². The Morgan fingerprint density at radius 1 is 1.03 bits per heavy atom. The van der Waals surface area contributed by atoms with Crippen molar-refractivity contribution in [2.24, 2.45) is 28.6 Å². The van der Waals surface area contributed by atoms with Gasteiger partial charge in [0.05, 0.1) is 5.60 Å². The lowest BCUT2D eigenvalue weighted by Crippen LogP contribution is -2.42. The van der Waals surface area contributed by atoms with Gasteiger partial charge in [0.25, 0.3) is 0 Å². The van der Waals surface area contributed by atoms with Gasteiger partial charge >= 0.3 is 0 Å². The minimum Gasteiger partial charge on any atom is -0.367 e. The molecule has 0 spiro atoms. The van der Waals surface area contributed by atoms with Gasteiger partial charge in [-0.05, 0) is 61.2 Å². The van der Waals surface area contributed by atoms with Gasteiger partial charge in [0, 0.05) is 5.92 Å². The zero-order valence-corrected chi connectivity index (χ0v) is 20.6. The highest BCUT2D eigenvalue weighted by Crippen LogP contribution is 2.48. The average Bonchev–Trinajstić information content (AvgIpc) is 2.72. The van der Waals surface area contributed by atoms with Gasteiger partial charge in [-0.15, -0.1) is 0 Å². The molecule has 3 unspecified atom stereocenters. The molecule has 2 heteroatoms. The fourth-order valence-electron chi connectivity index (χ4n) is 5.67. The molecule has 0 aliphatic heterocycles. The Kier molecular flexibility index (Phi) is 8.86. The van der Waals surface area contributed by atoms with E-state index in [0.717, 1.165) is 32.1 Å². The lowest BCUT2D eigenvalue weighted by molar-refractivity contribution is -0.217. The molecule has 0 amide bonds. The average molecular weight is 407 g/mol. The van der Waals surface area contributed by atoms with E-state index in [1.165, 1.54) is 38.5 Å². The zero-order chi connectivity index (χ0) is 21.7. The quantitative estimate of drug-likeness (QED) is 0.295. The highest BCUT2D eigenvalue weighted by molar-refractivity contribution is 5.01. The normalized spacial score (nSPS) is 27.6. The summed E-state index contributed by atoms with van der Waals surface area (Å²) in [6, 6.07) is 0. The third-order valence-corrected chi connectivity index (χ3v) is 8.76. The maximum atomic E-state index is 11.1. The van der Waals surface area contributed by atoms with Gasteiger partial charge in [0.15, 0.2) is 6.29 Å². The van der Waals surface area contributed by atoms with Crippen LogP contribution >= 0.6 is 0 Å². The second-order valence-corrected chi connectivity index (χ2v) is 11.6. The molecule has 170 valence electrons. The van der Waals surface area contributed by atoms with Crippen molar-refractivity contribution in [2.75, 3.05) is 0 Å². The number of ether oxygens (including phenoxy) is 1. The molecule has 1 fully saturated rings. The first-order chi connectivity index (χ1) is 13.6. The first-order valence-corrected chi connectivity index (χ1v) is 12.6. The van der Waals surface area contributed by atoms with Gasteiger partial charge in [-0.1, -0.05) is 92.7 Å². The predicted molar refractivity (Wildman–Crippen MR) is 125 cm³/mol. The fraction of sp³-hybridized carbons (Fsp3) is 0.926. The molecule has 29 heavy (non-hydrogen) atoms.